The Hall–Kier alpha value is -2.34. The lowest BCUT2D eigenvalue weighted by molar-refractivity contribution is -0.133. The van der Waals surface area contributed by atoms with Crippen LogP contribution in [0.15, 0.2) is 41.0 Å². The van der Waals surface area contributed by atoms with Gasteiger partial charge in [-0.25, -0.2) is 4.39 Å². The Morgan fingerprint density at radius 2 is 2.00 bits per heavy atom. The van der Waals surface area contributed by atoms with E-state index >= 15 is 0 Å². The molecule has 0 saturated heterocycles. The van der Waals surface area contributed by atoms with Crippen LogP contribution in [-0.4, -0.2) is 29.8 Å². The molecule has 1 N–H and O–H groups in total. The molecule has 0 aliphatic rings. The van der Waals surface area contributed by atoms with Crippen LogP contribution in [0.5, 0.6) is 0 Å². The van der Waals surface area contributed by atoms with Crippen LogP contribution in [0.3, 0.4) is 0 Å². The molecule has 0 unspecified atom stereocenters. The molecular formula is C18H20ClFN2O3. The Labute approximate surface area is 150 Å². The Morgan fingerprint density at radius 1 is 1.28 bits per heavy atom. The van der Waals surface area contributed by atoms with Crippen LogP contribution in [0.4, 0.5) is 4.39 Å². The van der Waals surface area contributed by atoms with Gasteiger partial charge in [-0.05, 0) is 30.2 Å². The molecule has 1 aromatic heterocycles. The van der Waals surface area contributed by atoms with Crippen molar-refractivity contribution in [3.63, 3.8) is 0 Å². The zero-order valence-electron chi connectivity index (χ0n) is 14.3. The largest absolute Gasteiger partial charge is 0.459 e. The van der Waals surface area contributed by atoms with E-state index in [0.29, 0.717) is 0 Å². The fourth-order valence-corrected chi connectivity index (χ4v) is 2.59. The summed E-state index contributed by atoms with van der Waals surface area (Å²) in [5.41, 5.74) is 0.236. The van der Waals surface area contributed by atoms with Crippen molar-refractivity contribution in [1.82, 2.24) is 10.2 Å². The quantitative estimate of drug-likeness (QED) is 0.851. The van der Waals surface area contributed by atoms with Crippen LogP contribution in [0.25, 0.3) is 0 Å². The molecule has 1 heterocycles. The Kier molecular flexibility index (Phi) is 6.20. The summed E-state index contributed by atoms with van der Waals surface area (Å²) in [5, 5.41) is 2.91. The predicted molar refractivity (Wildman–Crippen MR) is 92.7 cm³/mol. The number of hydrogen-bond acceptors (Lipinski definition) is 3. The molecule has 0 spiro atoms. The lowest BCUT2D eigenvalue weighted by atomic mass is 10.0. The molecule has 0 fully saturated rings. The fraction of sp³-hybridized carbons (Fsp3) is 0.333. The van der Waals surface area contributed by atoms with E-state index in [1.54, 1.807) is 19.2 Å². The number of nitrogens with zero attached hydrogens (tertiary/aromatic N) is 1. The van der Waals surface area contributed by atoms with Crippen LogP contribution in [-0.2, 0) is 11.3 Å². The van der Waals surface area contributed by atoms with Gasteiger partial charge in [-0.3, -0.25) is 9.59 Å². The van der Waals surface area contributed by atoms with E-state index in [9.17, 15) is 14.0 Å². The highest BCUT2D eigenvalue weighted by molar-refractivity contribution is 6.31. The maximum Gasteiger partial charge on any atom is 0.287 e. The summed E-state index contributed by atoms with van der Waals surface area (Å²) in [4.78, 5) is 26.2. The average molecular weight is 367 g/mol. The molecule has 0 saturated carbocycles. The first-order chi connectivity index (χ1) is 11.8. The number of likely N-dealkylation sites (N-methyl/N-ethyl adjacent to an activating group) is 1. The minimum atomic E-state index is -0.770. The van der Waals surface area contributed by atoms with Gasteiger partial charge >= 0.3 is 0 Å². The predicted octanol–water partition coefficient (Wildman–Crippen LogP) is 3.49. The number of benzene rings is 1. The van der Waals surface area contributed by atoms with Crippen molar-refractivity contribution in [3.05, 3.63) is 58.8 Å². The maximum absolute atomic E-state index is 13.9. The summed E-state index contributed by atoms with van der Waals surface area (Å²) >= 11 is 6.01. The molecule has 0 radical (unpaired) electrons. The van der Waals surface area contributed by atoms with Gasteiger partial charge in [0.05, 0.1) is 6.26 Å². The van der Waals surface area contributed by atoms with Crippen LogP contribution in [0.1, 0.15) is 30.0 Å². The minimum absolute atomic E-state index is 0.00415. The van der Waals surface area contributed by atoms with Gasteiger partial charge in [0.25, 0.3) is 5.91 Å². The van der Waals surface area contributed by atoms with Crippen LogP contribution in [0.2, 0.25) is 5.02 Å². The number of halogens is 2. The molecule has 2 amide bonds. The standard InChI is InChI=1S/C18H20ClFN2O3/c1-11(2)16(21-17(23)15-8-5-9-25-15)18(24)22(3)10-12-13(19)6-4-7-14(12)20/h4-9,11,16H,10H2,1-3H3,(H,21,23)/t16-/m0/s1. The van der Waals surface area contributed by atoms with Crippen molar-refractivity contribution < 1.29 is 18.4 Å². The molecule has 2 rings (SSSR count). The maximum atomic E-state index is 13.9. The zero-order valence-corrected chi connectivity index (χ0v) is 15.0. The molecule has 0 aliphatic heterocycles. The second-order valence-electron chi connectivity index (χ2n) is 6.07. The van der Waals surface area contributed by atoms with Crippen LogP contribution in [0, 0.1) is 11.7 Å². The Morgan fingerprint density at radius 3 is 2.56 bits per heavy atom. The highest BCUT2D eigenvalue weighted by atomic mass is 35.5. The van der Waals surface area contributed by atoms with E-state index in [2.05, 4.69) is 5.32 Å². The van der Waals surface area contributed by atoms with Gasteiger partial charge in [0.15, 0.2) is 5.76 Å². The summed E-state index contributed by atoms with van der Waals surface area (Å²) in [6.45, 7) is 3.63. The van der Waals surface area contributed by atoms with Gasteiger partial charge in [0.2, 0.25) is 5.91 Å². The molecule has 7 heteroatoms. The van der Waals surface area contributed by atoms with Crippen LogP contribution < -0.4 is 5.32 Å². The van der Waals surface area contributed by atoms with Crippen molar-refractivity contribution in [3.8, 4) is 0 Å². The summed E-state index contributed by atoms with van der Waals surface area (Å²) in [6, 6.07) is 6.69. The molecular weight excluding hydrogens is 347 g/mol. The molecule has 1 atom stereocenters. The van der Waals surface area contributed by atoms with Gasteiger partial charge < -0.3 is 14.6 Å². The molecule has 25 heavy (non-hydrogen) atoms. The highest BCUT2D eigenvalue weighted by Crippen LogP contribution is 2.21. The van der Waals surface area contributed by atoms with Crippen molar-refractivity contribution in [1.29, 1.82) is 0 Å². The smallest absolute Gasteiger partial charge is 0.287 e. The second-order valence-corrected chi connectivity index (χ2v) is 6.47. The van der Waals surface area contributed by atoms with E-state index in [-0.39, 0.29) is 34.7 Å². The highest BCUT2D eigenvalue weighted by Gasteiger charge is 2.28. The van der Waals surface area contributed by atoms with E-state index in [0.717, 1.165) is 0 Å². The van der Waals surface area contributed by atoms with Crippen molar-refractivity contribution in [2.45, 2.75) is 26.4 Å². The SMILES string of the molecule is CC(C)[C@H](NC(=O)c1ccco1)C(=O)N(C)Cc1c(F)cccc1Cl. The first-order valence-corrected chi connectivity index (χ1v) is 8.21. The number of nitrogens with one attached hydrogen (secondary N) is 1. The molecule has 134 valence electrons. The summed E-state index contributed by atoms with van der Waals surface area (Å²) in [5.74, 6) is -1.33. The Balaban J connectivity index is 2.12. The van der Waals surface area contributed by atoms with Gasteiger partial charge in [0, 0.05) is 24.2 Å². The summed E-state index contributed by atoms with van der Waals surface area (Å²) < 4.78 is 19.0. The van der Waals surface area contributed by atoms with Gasteiger partial charge in [0.1, 0.15) is 11.9 Å². The number of carbonyl (C=O) groups is 2. The van der Waals surface area contributed by atoms with Crippen molar-refractivity contribution in [2.24, 2.45) is 5.92 Å². The number of rotatable bonds is 6. The first-order valence-electron chi connectivity index (χ1n) is 7.83. The summed E-state index contributed by atoms with van der Waals surface area (Å²) in [6.07, 6.45) is 1.38. The normalized spacial score (nSPS) is 12.1. The third-order valence-electron chi connectivity index (χ3n) is 3.80. The van der Waals surface area contributed by atoms with E-state index in [1.165, 1.54) is 29.4 Å². The van der Waals surface area contributed by atoms with Crippen LogP contribution >= 0.6 is 11.6 Å². The fourth-order valence-electron chi connectivity index (χ4n) is 2.37. The molecule has 0 bridgehead atoms. The first kappa shape index (κ1) is 19.0. The lowest BCUT2D eigenvalue weighted by Crippen LogP contribution is -2.50. The number of furan rings is 1. The van der Waals surface area contributed by atoms with Gasteiger partial charge in [-0.1, -0.05) is 31.5 Å². The van der Waals surface area contributed by atoms with Crippen molar-refractivity contribution in [2.75, 3.05) is 7.05 Å². The third-order valence-corrected chi connectivity index (χ3v) is 4.15. The average Bonchev–Trinajstić information content (AvgIpc) is 3.09. The van der Waals surface area contributed by atoms with Gasteiger partial charge in [-0.15, -0.1) is 0 Å². The lowest BCUT2D eigenvalue weighted by Gasteiger charge is -2.27. The number of hydrogen-bond donors (Lipinski definition) is 1. The van der Waals surface area contributed by atoms with E-state index in [4.69, 9.17) is 16.0 Å². The minimum Gasteiger partial charge on any atom is -0.459 e. The molecule has 2 aromatic rings. The van der Waals surface area contributed by atoms with Crippen molar-refractivity contribution >= 4 is 23.4 Å². The van der Waals surface area contributed by atoms with E-state index in [1.807, 2.05) is 13.8 Å². The van der Waals surface area contributed by atoms with E-state index < -0.39 is 17.8 Å². The number of carbonyl (C=O) groups excluding carboxylic acids is 2. The monoisotopic (exact) mass is 366 g/mol. The second kappa shape index (κ2) is 8.16. The molecule has 1 aromatic carbocycles. The van der Waals surface area contributed by atoms with Gasteiger partial charge in [-0.2, -0.15) is 0 Å². The topological polar surface area (TPSA) is 62.6 Å². The molecule has 0 aliphatic carbocycles. The molecule has 5 nitrogen and oxygen atoms in total. The zero-order chi connectivity index (χ0) is 18.6. The third kappa shape index (κ3) is 4.60. The Bertz CT molecular complexity index is 727. The number of amides is 2. The summed E-state index contributed by atoms with van der Waals surface area (Å²) in [7, 11) is 1.54.